The topological polar surface area (TPSA) is 78.9 Å². The van der Waals surface area contributed by atoms with Gasteiger partial charge in [-0.1, -0.05) is 13.8 Å². The highest BCUT2D eigenvalue weighted by Gasteiger charge is 2.35. The summed E-state index contributed by atoms with van der Waals surface area (Å²) >= 11 is 0. The standard InChI is InChI=1S/C12H22N2O4/c1-4-8(5-2)14(3)12(17)13-10-7-18-6-9(10)11(15)16/h8-10H,4-7H2,1-3H3,(H,13,17)(H,15,16). The van der Waals surface area contributed by atoms with Gasteiger partial charge in [0.15, 0.2) is 0 Å². The largest absolute Gasteiger partial charge is 0.481 e. The summed E-state index contributed by atoms with van der Waals surface area (Å²) in [5, 5.41) is 11.7. The van der Waals surface area contributed by atoms with Gasteiger partial charge >= 0.3 is 12.0 Å². The molecular weight excluding hydrogens is 236 g/mol. The lowest BCUT2D eigenvalue weighted by Crippen LogP contribution is -2.50. The molecule has 104 valence electrons. The molecule has 18 heavy (non-hydrogen) atoms. The number of carbonyl (C=O) groups excluding carboxylic acids is 1. The highest BCUT2D eigenvalue weighted by atomic mass is 16.5. The van der Waals surface area contributed by atoms with Crippen molar-refractivity contribution < 1.29 is 19.4 Å². The SMILES string of the molecule is CCC(CC)N(C)C(=O)NC1COCC1C(=O)O. The van der Waals surface area contributed by atoms with Crippen molar-refractivity contribution in [1.82, 2.24) is 10.2 Å². The number of ether oxygens (including phenoxy) is 1. The minimum Gasteiger partial charge on any atom is -0.481 e. The van der Waals surface area contributed by atoms with E-state index >= 15 is 0 Å². The van der Waals surface area contributed by atoms with Gasteiger partial charge in [-0.3, -0.25) is 4.79 Å². The van der Waals surface area contributed by atoms with Crippen molar-refractivity contribution in [2.75, 3.05) is 20.3 Å². The summed E-state index contributed by atoms with van der Waals surface area (Å²) in [6, 6.07) is -0.493. The number of hydrogen-bond acceptors (Lipinski definition) is 3. The first-order chi connectivity index (χ1) is 8.51. The first kappa shape index (κ1) is 14.8. The number of hydrogen-bond donors (Lipinski definition) is 2. The van der Waals surface area contributed by atoms with E-state index in [1.54, 1.807) is 11.9 Å². The Balaban J connectivity index is 2.56. The van der Waals surface area contributed by atoms with E-state index in [0.29, 0.717) is 0 Å². The van der Waals surface area contributed by atoms with Crippen molar-refractivity contribution in [3.8, 4) is 0 Å². The number of rotatable bonds is 5. The molecule has 0 aromatic heterocycles. The van der Waals surface area contributed by atoms with Gasteiger partial charge in [-0.2, -0.15) is 0 Å². The molecule has 1 aliphatic rings. The van der Waals surface area contributed by atoms with E-state index in [0.717, 1.165) is 12.8 Å². The Kier molecular flexibility index (Phi) is 5.40. The summed E-state index contributed by atoms with van der Waals surface area (Å²) in [6.45, 7) is 4.47. The molecule has 2 N–H and O–H groups in total. The van der Waals surface area contributed by atoms with E-state index in [-0.39, 0.29) is 25.3 Å². The van der Waals surface area contributed by atoms with Gasteiger partial charge in [0.05, 0.1) is 19.3 Å². The fraction of sp³-hybridized carbons (Fsp3) is 0.833. The lowest BCUT2D eigenvalue weighted by molar-refractivity contribution is -0.142. The Morgan fingerprint density at radius 1 is 1.39 bits per heavy atom. The quantitative estimate of drug-likeness (QED) is 0.768. The second kappa shape index (κ2) is 6.58. The van der Waals surface area contributed by atoms with E-state index in [9.17, 15) is 9.59 Å². The van der Waals surface area contributed by atoms with Crippen molar-refractivity contribution >= 4 is 12.0 Å². The van der Waals surface area contributed by atoms with Crippen molar-refractivity contribution in [3.05, 3.63) is 0 Å². The number of urea groups is 1. The Morgan fingerprint density at radius 3 is 2.50 bits per heavy atom. The van der Waals surface area contributed by atoms with Crippen LogP contribution >= 0.6 is 0 Å². The maximum absolute atomic E-state index is 12.0. The fourth-order valence-electron chi connectivity index (χ4n) is 2.20. The van der Waals surface area contributed by atoms with Gasteiger partial charge in [0.2, 0.25) is 0 Å². The van der Waals surface area contributed by atoms with Crippen LogP contribution in [-0.4, -0.2) is 54.4 Å². The zero-order valence-corrected chi connectivity index (χ0v) is 11.2. The highest BCUT2D eigenvalue weighted by molar-refractivity contribution is 5.77. The summed E-state index contributed by atoms with van der Waals surface area (Å²) in [4.78, 5) is 24.6. The molecule has 2 atom stereocenters. The number of nitrogens with zero attached hydrogens (tertiary/aromatic N) is 1. The van der Waals surface area contributed by atoms with E-state index in [1.165, 1.54) is 0 Å². The number of amides is 2. The molecule has 6 heteroatoms. The Bertz CT molecular complexity index is 304. The van der Waals surface area contributed by atoms with Crippen LogP contribution in [-0.2, 0) is 9.53 Å². The second-order valence-corrected chi connectivity index (χ2v) is 4.62. The molecule has 1 saturated heterocycles. The average Bonchev–Trinajstić information content (AvgIpc) is 2.78. The summed E-state index contributed by atoms with van der Waals surface area (Å²) in [6.07, 6.45) is 1.76. The lowest BCUT2D eigenvalue weighted by atomic mass is 10.0. The Labute approximate surface area is 107 Å². The number of nitrogens with one attached hydrogen (secondary N) is 1. The molecule has 0 saturated carbocycles. The Hall–Kier alpha value is -1.30. The molecule has 0 bridgehead atoms. The normalized spacial score (nSPS) is 23.1. The van der Waals surface area contributed by atoms with E-state index < -0.39 is 17.9 Å². The average molecular weight is 258 g/mol. The number of carboxylic acids is 1. The van der Waals surface area contributed by atoms with Crippen LogP contribution in [0.1, 0.15) is 26.7 Å². The van der Waals surface area contributed by atoms with Crippen molar-refractivity contribution in [2.45, 2.75) is 38.8 Å². The van der Waals surface area contributed by atoms with Crippen LogP contribution in [0.3, 0.4) is 0 Å². The Morgan fingerprint density at radius 2 is 2.00 bits per heavy atom. The first-order valence-electron chi connectivity index (χ1n) is 6.35. The van der Waals surface area contributed by atoms with Gasteiger partial charge in [0, 0.05) is 13.1 Å². The molecule has 0 aromatic rings. The maximum atomic E-state index is 12.0. The molecule has 0 aliphatic carbocycles. The molecule has 0 aromatic carbocycles. The van der Waals surface area contributed by atoms with Crippen LogP contribution in [0.5, 0.6) is 0 Å². The summed E-state index contributed by atoms with van der Waals surface area (Å²) in [5.74, 6) is -1.58. The summed E-state index contributed by atoms with van der Waals surface area (Å²) in [7, 11) is 1.73. The molecule has 6 nitrogen and oxygen atoms in total. The molecule has 1 fully saturated rings. The third kappa shape index (κ3) is 3.35. The minimum atomic E-state index is -0.928. The number of carbonyl (C=O) groups is 2. The van der Waals surface area contributed by atoms with Crippen LogP contribution in [0.25, 0.3) is 0 Å². The number of aliphatic carboxylic acids is 1. The van der Waals surface area contributed by atoms with Crippen molar-refractivity contribution in [2.24, 2.45) is 5.92 Å². The lowest BCUT2D eigenvalue weighted by Gasteiger charge is -2.28. The molecule has 0 spiro atoms. The zero-order valence-electron chi connectivity index (χ0n) is 11.2. The van der Waals surface area contributed by atoms with Gasteiger partial charge in [-0.15, -0.1) is 0 Å². The predicted octanol–water partition coefficient (Wildman–Crippen LogP) is 0.916. The van der Waals surface area contributed by atoms with E-state index in [4.69, 9.17) is 9.84 Å². The molecule has 1 aliphatic heterocycles. The smallest absolute Gasteiger partial charge is 0.317 e. The fourth-order valence-corrected chi connectivity index (χ4v) is 2.20. The van der Waals surface area contributed by atoms with Gasteiger partial charge in [0.25, 0.3) is 0 Å². The minimum absolute atomic E-state index is 0.162. The van der Waals surface area contributed by atoms with Crippen LogP contribution in [0, 0.1) is 5.92 Å². The third-order valence-electron chi connectivity index (χ3n) is 3.52. The molecular formula is C12H22N2O4. The number of carboxylic acid groups (broad SMARTS) is 1. The van der Waals surface area contributed by atoms with Crippen LogP contribution in [0.2, 0.25) is 0 Å². The second-order valence-electron chi connectivity index (χ2n) is 4.62. The van der Waals surface area contributed by atoms with Crippen LogP contribution in [0.15, 0.2) is 0 Å². The molecule has 0 radical (unpaired) electrons. The molecule has 2 amide bonds. The first-order valence-corrected chi connectivity index (χ1v) is 6.35. The van der Waals surface area contributed by atoms with Crippen molar-refractivity contribution in [3.63, 3.8) is 0 Å². The molecule has 1 rings (SSSR count). The molecule has 1 heterocycles. The van der Waals surface area contributed by atoms with Gasteiger partial charge in [-0.05, 0) is 12.8 Å². The van der Waals surface area contributed by atoms with Gasteiger partial charge in [-0.25, -0.2) is 4.79 Å². The van der Waals surface area contributed by atoms with Crippen LogP contribution < -0.4 is 5.32 Å². The van der Waals surface area contributed by atoms with Gasteiger partial charge < -0.3 is 20.1 Å². The monoisotopic (exact) mass is 258 g/mol. The zero-order chi connectivity index (χ0) is 13.7. The van der Waals surface area contributed by atoms with Crippen molar-refractivity contribution in [1.29, 1.82) is 0 Å². The molecule has 2 unspecified atom stereocenters. The van der Waals surface area contributed by atoms with Gasteiger partial charge in [0.1, 0.15) is 5.92 Å². The maximum Gasteiger partial charge on any atom is 0.317 e. The summed E-state index contributed by atoms with van der Waals surface area (Å²) < 4.78 is 5.11. The summed E-state index contributed by atoms with van der Waals surface area (Å²) in [5.41, 5.74) is 0. The van der Waals surface area contributed by atoms with Crippen LogP contribution in [0.4, 0.5) is 4.79 Å². The van der Waals surface area contributed by atoms with E-state index in [1.807, 2.05) is 13.8 Å². The predicted molar refractivity (Wildman–Crippen MR) is 66.4 cm³/mol. The third-order valence-corrected chi connectivity index (χ3v) is 3.52. The highest BCUT2D eigenvalue weighted by Crippen LogP contribution is 2.15. The van der Waals surface area contributed by atoms with E-state index in [2.05, 4.69) is 5.32 Å².